The van der Waals surface area contributed by atoms with Gasteiger partial charge in [-0.05, 0) is 38.0 Å². The first kappa shape index (κ1) is 18.7. The van der Waals surface area contributed by atoms with Gasteiger partial charge in [-0.25, -0.2) is 23.7 Å². The Morgan fingerprint density at radius 3 is 2.96 bits per heavy atom. The third-order valence-corrected chi connectivity index (χ3v) is 5.50. The zero-order valence-corrected chi connectivity index (χ0v) is 15.5. The molecule has 2 aliphatic rings. The maximum Gasteiger partial charge on any atom is 0.279 e. The molecule has 2 aromatic heterocycles. The molecular weight excluding hydrogens is 364 g/mol. The second-order valence-electron chi connectivity index (χ2n) is 7.48. The highest BCUT2D eigenvalue weighted by molar-refractivity contribution is 5.97. The number of nitrogens with zero attached hydrogens (tertiary/aromatic N) is 4. The van der Waals surface area contributed by atoms with Crippen molar-refractivity contribution in [2.45, 2.75) is 25.7 Å². The molecule has 9 heteroatoms. The summed E-state index contributed by atoms with van der Waals surface area (Å²) in [5.41, 5.74) is 0.971. The Balaban J connectivity index is 1.50. The topological polar surface area (TPSA) is 93.6 Å². The van der Waals surface area contributed by atoms with Gasteiger partial charge in [0.05, 0.1) is 23.3 Å². The molecule has 28 heavy (non-hydrogen) atoms. The number of H-pyrrole nitrogens is 1. The number of anilines is 1. The smallest absolute Gasteiger partial charge is 0.279 e. The van der Waals surface area contributed by atoms with Crippen molar-refractivity contribution in [2.24, 2.45) is 5.41 Å². The van der Waals surface area contributed by atoms with Crippen LogP contribution in [0.2, 0.25) is 0 Å². The number of aromatic nitrogens is 4. The molecule has 7 nitrogen and oxygen atoms in total. The number of imidazole rings is 1. The summed E-state index contributed by atoms with van der Waals surface area (Å²) in [6.45, 7) is 4.11. The van der Waals surface area contributed by atoms with Crippen molar-refractivity contribution >= 4 is 17.6 Å². The second kappa shape index (κ2) is 7.75. The maximum absolute atomic E-state index is 12.4. The summed E-state index contributed by atoms with van der Waals surface area (Å²) in [5.74, 6) is 1.29. The number of alkyl halides is 2. The molecule has 0 saturated carbocycles. The minimum Gasteiger partial charge on any atom is -0.356 e. The highest BCUT2D eigenvalue weighted by atomic mass is 19.3. The van der Waals surface area contributed by atoms with Crippen LogP contribution in [0.1, 0.15) is 25.1 Å². The van der Waals surface area contributed by atoms with Crippen LogP contribution in [0.5, 0.6) is 0 Å². The van der Waals surface area contributed by atoms with E-state index in [9.17, 15) is 8.78 Å². The molecule has 0 amide bonds. The van der Waals surface area contributed by atoms with E-state index in [1.807, 2.05) is 6.07 Å². The van der Waals surface area contributed by atoms with E-state index < -0.39 is 12.1 Å². The van der Waals surface area contributed by atoms with Gasteiger partial charge in [-0.3, -0.25) is 5.41 Å². The fourth-order valence-corrected chi connectivity index (χ4v) is 4.01. The number of piperidine rings is 1. The van der Waals surface area contributed by atoms with Crippen LogP contribution < -0.4 is 10.2 Å². The van der Waals surface area contributed by atoms with E-state index in [1.54, 1.807) is 12.5 Å². The first-order valence-corrected chi connectivity index (χ1v) is 9.42. The Morgan fingerprint density at radius 2 is 2.18 bits per heavy atom. The Bertz CT molecular complexity index is 871. The lowest BCUT2D eigenvalue weighted by Gasteiger charge is -2.40. The molecule has 0 bridgehead atoms. The minimum absolute atomic E-state index is 0.338. The van der Waals surface area contributed by atoms with Crippen molar-refractivity contribution in [3.05, 3.63) is 30.5 Å². The van der Waals surface area contributed by atoms with Crippen LogP contribution in [0.15, 0.2) is 24.7 Å². The first-order chi connectivity index (χ1) is 13.5. The molecule has 2 aliphatic heterocycles. The average Bonchev–Trinajstić information content (AvgIpc) is 3.36. The third-order valence-electron chi connectivity index (χ3n) is 5.50. The average molecular weight is 387 g/mol. The highest BCUT2D eigenvalue weighted by Gasteiger charge is 2.38. The van der Waals surface area contributed by atoms with Crippen LogP contribution in [0.4, 0.5) is 14.6 Å². The summed E-state index contributed by atoms with van der Waals surface area (Å²) in [5, 5.41) is 10.6. The summed E-state index contributed by atoms with van der Waals surface area (Å²) >= 11 is 0. The SMILES string of the molecule is N=C(/C=C\c1ncc(-c2cc(N3CCCC4(CCNC4)C3)ncn2)[nH]1)C(F)F. The van der Waals surface area contributed by atoms with Crippen molar-refractivity contribution < 1.29 is 8.78 Å². The number of nitrogens with one attached hydrogen (secondary N) is 3. The van der Waals surface area contributed by atoms with E-state index in [0.717, 1.165) is 44.5 Å². The zero-order valence-electron chi connectivity index (χ0n) is 15.5. The first-order valence-electron chi connectivity index (χ1n) is 9.42. The van der Waals surface area contributed by atoms with Crippen LogP contribution in [-0.2, 0) is 0 Å². The Kier molecular flexibility index (Phi) is 5.17. The van der Waals surface area contributed by atoms with Crippen LogP contribution in [0.25, 0.3) is 17.5 Å². The number of halogens is 2. The molecule has 4 rings (SSSR count). The molecule has 1 spiro atoms. The van der Waals surface area contributed by atoms with Gasteiger partial charge < -0.3 is 15.2 Å². The highest BCUT2D eigenvalue weighted by Crippen LogP contribution is 2.37. The number of aromatic amines is 1. The Hall–Kier alpha value is -2.68. The van der Waals surface area contributed by atoms with Gasteiger partial charge in [0, 0.05) is 31.1 Å². The van der Waals surface area contributed by atoms with Crippen molar-refractivity contribution in [3.8, 4) is 11.4 Å². The van der Waals surface area contributed by atoms with E-state index >= 15 is 0 Å². The maximum atomic E-state index is 12.4. The van der Waals surface area contributed by atoms with Crippen LogP contribution >= 0.6 is 0 Å². The summed E-state index contributed by atoms with van der Waals surface area (Å²) in [4.78, 5) is 18.3. The molecule has 0 aromatic carbocycles. The monoisotopic (exact) mass is 387 g/mol. The number of allylic oxidation sites excluding steroid dienone is 1. The van der Waals surface area contributed by atoms with E-state index in [4.69, 9.17) is 5.41 Å². The van der Waals surface area contributed by atoms with E-state index in [2.05, 4.69) is 30.2 Å². The second-order valence-corrected chi connectivity index (χ2v) is 7.48. The third kappa shape index (κ3) is 3.94. The molecule has 2 saturated heterocycles. The lowest BCUT2D eigenvalue weighted by atomic mass is 9.79. The fourth-order valence-electron chi connectivity index (χ4n) is 4.01. The fraction of sp³-hybridized carbons (Fsp3) is 0.474. The van der Waals surface area contributed by atoms with Gasteiger partial charge in [-0.2, -0.15) is 0 Å². The van der Waals surface area contributed by atoms with Crippen LogP contribution in [0.3, 0.4) is 0 Å². The molecule has 3 N–H and O–H groups in total. The van der Waals surface area contributed by atoms with Gasteiger partial charge in [0.2, 0.25) is 0 Å². The molecule has 4 heterocycles. The summed E-state index contributed by atoms with van der Waals surface area (Å²) in [7, 11) is 0. The molecule has 2 aromatic rings. The van der Waals surface area contributed by atoms with Crippen molar-refractivity contribution in [1.82, 2.24) is 25.3 Å². The van der Waals surface area contributed by atoms with E-state index in [-0.39, 0.29) is 0 Å². The van der Waals surface area contributed by atoms with Crippen LogP contribution in [0, 0.1) is 10.8 Å². The molecule has 0 aliphatic carbocycles. The van der Waals surface area contributed by atoms with E-state index in [0.29, 0.717) is 22.6 Å². The van der Waals surface area contributed by atoms with Gasteiger partial charge in [0.15, 0.2) is 0 Å². The van der Waals surface area contributed by atoms with Gasteiger partial charge >= 0.3 is 0 Å². The normalized spacial score (nSPS) is 22.6. The molecule has 2 fully saturated rings. The molecule has 1 atom stereocenters. The lowest BCUT2D eigenvalue weighted by molar-refractivity contribution is 0.226. The van der Waals surface area contributed by atoms with Gasteiger partial charge in [0.1, 0.15) is 18.0 Å². The summed E-state index contributed by atoms with van der Waals surface area (Å²) in [6.07, 6.45) is 6.36. The van der Waals surface area contributed by atoms with Crippen LogP contribution in [-0.4, -0.2) is 58.3 Å². The van der Waals surface area contributed by atoms with E-state index in [1.165, 1.54) is 18.9 Å². The van der Waals surface area contributed by atoms with Crippen molar-refractivity contribution in [2.75, 3.05) is 31.1 Å². The quantitative estimate of drug-likeness (QED) is 0.686. The minimum atomic E-state index is -2.79. The molecule has 1 unspecified atom stereocenters. The predicted molar refractivity (Wildman–Crippen MR) is 104 cm³/mol. The van der Waals surface area contributed by atoms with Gasteiger partial charge in [-0.15, -0.1) is 0 Å². The summed E-state index contributed by atoms with van der Waals surface area (Å²) in [6, 6.07) is 1.93. The predicted octanol–water partition coefficient (Wildman–Crippen LogP) is 2.74. The standard InChI is InChI=1S/C19H23F2N7/c20-18(21)13(22)2-3-16-24-9-15(27-16)14-8-17(26-12-25-14)28-7-1-4-19(11-28)5-6-23-10-19/h2-3,8-9,12,18,22-23H,1,4-7,10-11H2,(H,24,27)/b3-2-,22-13?. The van der Waals surface area contributed by atoms with Gasteiger partial charge in [-0.1, -0.05) is 0 Å². The number of rotatable bonds is 5. The largest absolute Gasteiger partial charge is 0.356 e. The Morgan fingerprint density at radius 1 is 1.29 bits per heavy atom. The zero-order chi connectivity index (χ0) is 19.6. The van der Waals surface area contributed by atoms with Crippen molar-refractivity contribution in [1.29, 1.82) is 5.41 Å². The lowest BCUT2D eigenvalue weighted by Crippen LogP contribution is -2.44. The number of hydrogen-bond acceptors (Lipinski definition) is 6. The molecule has 0 radical (unpaired) electrons. The Labute approximate surface area is 161 Å². The molecule has 148 valence electrons. The molecular formula is C19H23F2N7. The summed E-state index contributed by atoms with van der Waals surface area (Å²) < 4.78 is 24.8. The number of hydrogen-bond donors (Lipinski definition) is 3. The van der Waals surface area contributed by atoms with Gasteiger partial charge in [0.25, 0.3) is 6.43 Å². The van der Waals surface area contributed by atoms with Crippen molar-refractivity contribution in [3.63, 3.8) is 0 Å².